The topological polar surface area (TPSA) is 55.6 Å². The molecule has 18 heavy (non-hydrogen) atoms. The molecular weight excluding hydrogens is 249 g/mol. The number of carbonyl (C=O) groups excluding carboxylic acids is 1. The number of ether oxygens (including phenoxy) is 1. The van der Waals surface area contributed by atoms with Gasteiger partial charge in [0.15, 0.2) is 0 Å². The summed E-state index contributed by atoms with van der Waals surface area (Å²) in [4.78, 5) is 12.6. The number of halogens is 3. The summed E-state index contributed by atoms with van der Waals surface area (Å²) < 4.78 is 42.2. The Morgan fingerprint density at radius 2 is 1.89 bits per heavy atom. The number of nitrogens with zero attached hydrogens (tertiary/aromatic N) is 1. The first kappa shape index (κ1) is 17.2. The number of nitrogens with two attached hydrogens (primary N) is 1. The Kier molecular flexibility index (Phi) is 7.93. The van der Waals surface area contributed by atoms with Gasteiger partial charge in [-0.15, -0.1) is 0 Å². The second-order valence-electron chi connectivity index (χ2n) is 3.95. The second-order valence-corrected chi connectivity index (χ2v) is 3.95. The molecule has 0 spiro atoms. The molecule has 4 nitrogen and oxygen atoms in total. The molecule has 0 aromatic carbocycles. The summed E-state index contributed by atoms with van der Waals surface area (Å²) in [6.45, 7) is 2.32. The smallest absolute Gasteiger partial charge is 0.370 e. The number of amides is 1. The van der Waals surface area contributed by atoms with Gasteiger partial charge in [0.25, 0.3) is 0 Å². The van der Waals surface area contributed by atoms with Gasteiger partial charge in [-0.1, -0.05) is 13.8 Å². The third-order valence-electron chi connectivity index (χ3n) is 2.54. The van der Waals surface area contributed by atoms with Crippen LogP contribution in [0.15, 0.2) is 0 Å². The average Bonchev–Trinajstić information content (AvgIpc) is 2.28. The Labute approximate surface area is 105 Å². The van der Waals surface area contributed by atoms with Crippen molar-refractivity contribution in [3.05, 3.63) is 0 Å². The van der Waals surface area contributed by atoms with E-state index in [1.165, 1.54) is 0 Å². The number of hydrogen-bond acceptors (Lipinski definition) is 3. The first-order valence-electron chi connectivity index (χ1n) is 5.99. The Bertz CT molecular complexity index is 243. The van der Waals surface area contributed by atoms with Crippen LogP contribution in [0.3, 0.4) is 0 Å². The summed E-state index contributed by atoms with van der Waals surface area (Å²) in [5.41, 5.74) is 5.17. The van der Waals surface area contributed by atoms with Crippen LogP contribution in [-0.2, 0) is 9.53 Å². The van der Waals surface area contributed by atoms with Crippen molar-refractivity contribution in [3.8, 4) is 0 Å². The van der Waals surface area contributed by atoms with Crippen LogP contribution in [-0.4, -0.2) is 49.3 Å². The molecule has 0 aliphatic rings. The quantitative estimate of drug-likeness (QED) is 0.681. The van der Waals surface area contributed by atoms with Crippen LogP contribution >= 0.6 is 0 Å². The third kappa shape index (κ3) is 6.80. The SMILES string of the molecule is CCC(CC)N(CC(F)(F)F)C(=O)COCCN. The van der Waals surface area contributed by atoms with E-state index in [9.17, 15) is 18.0 Å². The highest BCUT2D eigenvalue weighted by molar-refractivity contribution is 5.77. The van der Waals surface area contributed by atoms with Crippen LogP contribution in [0.5, 0.6) is 0 Å². The van der Waals surface area contributed by atoms with Gasteiger partial charge in [-0.05, 0) is 12.8 Å². The Morgan fingerprint density at radius 1 is 1.33 bits per heavy atom. The average molecular weight is 270 g/mol. The molecule has 1 amide bonds. The summed E-state index contributed by atoms with van der Waals surface area (Å²) in [7, 11) is 0. The second kappa shape index (κ2) is 8.31. The molecule has 0 rings (SSSR count). The molecule has 2 N–H and O–H groups in total. The van der Waals surface area contributed by atoms with Crippen molar-refractivity contribution in [2.45, 2.75) is 38.9 Å². The van der Waals surface area contributed by atoms with Crippen molar-refractivity contribution in [2.75, 3.05) is 26.3 Å². The summed E-state index contributed by atoms with van der Waals surface area (Å²) in [5.74, 6) is -0.644. The molecule has 7 heteroatoms. The highest BCUT2D eigenvalue weighted by Gasteiger charge is 2.35. The normalized spacial score (nSPS) is 11.9. The zero-order valence-corrected chi connectivity index (χ0v) is 10.8. The molecule has 0 saturated heterocycles. The van der Waals surface area contributed by atoms with E-state index in [1.54, 1.807) is 13.8 Å². The van der Waals surface area contributed by atoms with E-state index < -0.39 is 24.7 Å². The molecule has 0 aliphatic carbocycles. The largest absolute Gasteiger partial charge is 0.406 e. The van der Waals surface area contributed by atoms with E-state index in [2.05, 4.69) is 0 Å². The predicted octanol–water partition coefficient (Wildman–Crippen LogP) is 1.54. The van der Waals surface area contributed by atoms with Crippen LogP contribution in [0.4, 0.5) is 13.2 Å². The summed E-state index contributed by atoms with van der Waals surface area (Å²) in [6.07, 6.45) is -3.43. The lowest BCUT2D eigenvalue weighted by Gasteiger charge is -2.31. The van der Waals surface area contributed by atoms with Crippen LogP contribution in [0, 0.1) is 0 Å². The molecule has 0 aromatic heterocycles. The van der Waals surface area contributed by atoms with Crippen molar-refractivity contribution in [2.24, 2.45) is 5.73 Å². The Morgan fingerprint density at radius 3 is 2.28 bits per heavy atom. The molecular formula is C11H21F3N2O2. The molecule has 0 bridgehead atoms. The van der Waals surface area contributed by atoms with Gasteiger partial charge in [-0.2, -0.15) is 13.2 Å². The monoisotopic (exact) mass is 270 g/mol. The van der Waals surface area contributed by atoms with Gasteiger partial charge in [0.2, 0.25) is 5.91 Å². The summed E-state index contributed by atoms with van der Waals surface area (Å²) in [6, 6.07) is -0.416. The van der Waals surface area contributed by atoms with E-state index >= 15 is 0 Å². The van der Waals surface area contributed by atoms with Gasteiger partial charge < -0.3 is 15.4 Å². The zero-order chi connectivity index (χ0) is 14.2. The lowest BCUT2D eigenvalue weighted by Crippen LogP contribution is -2.47. The highest BCUT2D eigenvalue weighted by atomic mass is 19.4. The molecule has 0 saturated carbocycles. The van der Waals surface area contributed by atoms with Gasteiger partial charge in [-0.25, -0.2) is 0 Å². The highest BCUT2D eigenvalue weighted by Crippen LogP contribution is 2.20. The van der Waals surface area contributed by atoms with Gasteiger partial charge in [0.1, 0.15) is 13.2 Å². The Hall–Kier alpha value is -0.820. The third-order valence-corrected chi connectivity index (χ3v) is 2.54. The van der Waals surface area contributed by atoms with Crippen molar-refractivity contribution in [1.82, 2.24) is 4.90 Å². The van der Waals surface area contributed by atoms with E-state index in [0.29, 0.717) is 12.8 Å². The predicted molar refractivity (Wildman–Crippen MR) is 62.0 cm³/mol. The molecule has 0 atom stereocenters. The van der Waals surface area contributed by atoms with Crippen LogP contribution in [0.1, 0.15) is 26.7 Å². The minimum absolute atomic E-state index is 0.161. The van der Waals surface area contributed by atoms with Gasteiger partial charge in [0.05, 0.1) is 6.61 Å². The van der Waals surface area contributed by atoms with Crippen molar-refractivity contribution in [1.29, 1.82) is 0 Å². The van der Waals surface area contributed by atoms with Gasteiger partial charge >= 0.3 is 6.18 Å². The molecule has 0 fully saturated rings. The van der Waals surface area contributed by atoms with Crippen LogP contribution in [0.2, 0.25) is 0 Å². The van der Waals surface area contributed by atoms with Gasteiger partial charge in [-0.3, -0.25) is 4.79 Å². The molecule has 0 heterocycles. The molecule has 0 aliphatic heterocycles. The standard InChI is InChI=1S/C11H21F3N2O2/c1-3-9(4-2)16(8-11(12,13)14)10(17)7-18-6-5-15/h9H,3-8,15H2,1-2H3. The zero-order valence-electron chi connectivity index (χ0n) is 10.8. The lowest BCUT2D eigenvalue weighted by molar-refractivity contribution is -0.168. The van der Waals surface area contributed by atoms with E-state index in [0.717, 1.165) is 4.90 Å². The molecule has 108 valence electrons. The number of alkyl halides is 3. The minimum Gasteiger partial charge on any atom is -0.370 e. The van der Waals surface area contributed by atoms with Crippen molar-refractivity contribution >= 4 is 5.91 Å². The molecule has 0 aromatic rings. The van der Waals surface area contributed by atoms with Crippen LogP contribution < -0.4 is 5.73 Å². The lowest BCUT2D eigenvalue weighted by atomic mass is 10.1. The van der Waals surface area contributed by atoms with Crippen molar-refractivity contribution < 1.29 is 22.7 Å². The number of hydrogen-bond donors (Lipinski definition) is 1. The Balaban J connectivity index is 4.58. The minimum atomic E-state index is -4.40. The van der Waals surface area contributed by atoms with Crippen molar-refractivity contribution in [3.63, 3.8) is 0 Å². The summed E-state index contributed by atoms with van der Waals surface area (Å²) in [5, 5.41) is 0. The number of carbonyl (C=O) groups is 1. The maximum absolute atomic E-state index is 12.4. The molecule has 0 radical (unpaired) electrons. The maximum Gasteiger partial charge on any atom is 0.406 e. The first-order valence-corrected chi connectivity index (χ1v) is 5.99. The van der Waals surface area contributed by atoms with E-state index in [4.69, 9.17) is 10.5 Å². The first-order chi connectivity index (χ1) is 8.35. The van der Waals surface area contributed by atoms with E-state index in [1.807, 2.05) is 0 Å². The molecule has 0 unspecified atom stereocenters. The van der Waals surface area contributed by atoms with Crippen LogP contribution in [0.25, 0.3) is 0 Å². The fourth-order valence-electron chi connectivity index (χ4n) is 1.67. The maximum atomic E-state index is 12.4. The fraction of sp³-hybridized carbons (Fsp3) is 0.909. The number of rotatable bonds is 8. The van der Waals surface area contributed by atoms with E-state index in [-0.39, 0.29) is 19.8 Å². The fourth-order valence-corrected chi connectivity index (χ4v) is 1.67. The summed E-state index contributed by atoms with van der Waals surface area (Å²) >= 11 is 0. The van der Waals surface area contributed by atoms with Gasteiger partial charge in [0, 0.05) is 12.6 Å².